The van der Waals surface area contributed by atoms with Gasteiger partial charge in [0.1, 0.15) is 26.8 Å². The molecule has 0 unspecified atom stereocenters. The summed E-state index contributed by atoms with van der Waals surface area (Å²) < 4.78 is 44.0. The first kappa shape index (κ1) is 14.9. The van der Waals surface area contributed by atoms with Gasteiger partial charge in [-0.1, -0.05) is 32.9 Å². The Kier molecular flexibility index (Phi) is 3.78. The van der Waals surface area contributed by atoms with Crippen LogP contribution in [0.15, 0.2) is 17.0 Å². The van der Waals surface area contributed by atoms with Crippen LogP contribution in [0, 0.1) is 3.82 Å². The molecule has 5 nitrogen and oxygen atoms in total. The van der Waals surface area contributed by atoms with Gasteiger partial charge in [0.2, 0.25) is 0 Å². The lowest BCUT2D eigenvalue weighted by Gasteiger charge is -2.19. The summed E-state index contributed by atoms with van der Waals surface area (Å²) >= 11 is 5.25. The van der Waals surface area contributed by atoms with E-state index in [2.05, 4.69) is 0 Å². The highest BCUT2D eigenvalue weighted by molar-refractivity contribution is 7.86. The van der Waals surface area contributed by atoms with Gasteiger partial charge in [0, 0.05) is 17.2 Å². The molecule has 21 heavy (non-hydrogen) atoms. The first-order chi connectivity index (χ1) is 9.91. The first-order valence-electron chi connectivity index (χ1n) is 5.95. The lowest BCUT2D eigenvalue weighted by molar-refractivity contribution is 0.297. The largest absolute Gasteiger partial charge is 0.492 e. The van der Waals surface area contributed by atoms with Crippen LogP contribution in [0.1, 0.15) is 12.5 Å². The third-order valence-electron chi connectivity index (χ3n) is 2.96. The predicted molar refractivity (Wildman–Crippen MR) is 83.8 cm³/mol. The minimum Gasteiger partial charge on any atom is -0.492 e. The van der Waals surface area contributed by atoms with Crippen molar-refractivity contribution in [3.05, 3.63) is 21.5 Å². The second-order valence-electron chi connectivity index (χ2n) is 4.25. The van der Waals surface area contributed by atoms with Gasteiger partial charge in [0.25, 0.3) is 10.1 Å². The maximum Gasteiger partial charge on any atom is 0.298 e. The highest BCUT2D eigenvalue weighted by atomic mass is 32.9. The molecule has 0 saturated carbocycles. The van der Waals surface area contributed by atoms with E-state index in [-0.39, 0.29) is 17.3 Å². The molecule has 1 aliphatic rings. The fourth-order valence-corrected chi connectivity index (χ4v) is 5.57. The summed E-state index contributed by atoms with van der Waals surface area (Å²) in [6.07, 6.45) is 0. The first-order valence-corrected chi connectivity index (χ1v) is 9.95. The second-order valence-corrected chi connectivity index (χ2v) is 8.46. The van der Waals surface area contributed by atoms with Crippen molar-refractivity contribution in [2.45, 2.75) is 18.4 Å². The minimum atomic E-state index is -4.38. The van der Waals surface area contributed by atoms with Crippen molar-refractivity contribution in [1.29, 1.82) is 0 Å². The van der Waals surface area contributed by atoms with Gasteiger partial charge in [0.15, 0.2) is 0 Å². The van der Waals surface area contributed by atoms with Gasteiger partial charge in [-0.15, -0.1) is 0 Å². The van der Waals surface area contributed by atoms with Crippen LogP contribution in [0.4, 0.5) is 0 Å². The molecular formula is C12H10O5S4. The van der Waals surface area contributed by atoms with Crippen molar-refractivity contribution >= 4 is 43.0 Å². The van der Waals surface area contributed by atoms with Crippen LogP contribution in [0.5, 0.6) is 11.5 Å². The average molecular weight is 362 g/mol. The summed E-state index contributed by atoms with van der Waals surface area (Å²) in [4.78, 5) is 0.680. The Balaban J connectivity index is 2.27. The molecule has 1 aliphatic heterocycles. The zero-order chi connectivity index (χ0) is 15.2. The summed E-state index contributed by atoms with van der Waals surface area (Å²) in [5, 5.41) is 0. The fourth-order valence-electron chi connectivity index (χ4n) is 2.06. The average Bonchev–Trinajstić information content (AvgIpc) is 2.79. The smallest absolute Gasteiger partial charge is 0.298 e. The van der Waals surface area contributed by atoms with Crippen molar-refractivity contribution < 1.29 is 22.4 Å². The number of rotatable bonds is 3. The molecule has 1 aromatic carbocycles. The van der Waals surface area contributed by atoms with Gasteiger partial charge in [-0.05, 0) is 13.0 Å². The third-order valence-corrected chi connectivity index (χ3v) is 7.01. The van der Waals surface area contributed by atoms with Crippen LogP contribution < -0.4 is 9.47 Å². The molecule has 1 aromatic heterocycles. The van der Waals surface area contributed by atoms with E-state index in [9.17, 15) is 13.0 Å². The van der Waals surface area contributed by atoms with E-state index in [1.165, 1.54) is 26.7 Å². The standard InChI is InChI=1S/C12H10O5S4/c1-2-16-9-3-6-8(4-10(9)21(13,14)15)17-5-7-11(6)19-20-12(7)18/h3-4H,2,5H2,1H3,(H,13,14,15). The highest BCUT2D eigenvalue weighted by Crippen LogP contribution is 2.46. The van der Waals surface area contributed by atoms with Crippen LogP contribution in [0.2, 0.25) is 0 Å². The summed E-state index contributed by atoms with van der Waals surface area (Å²) in [5.41, 5.74) is 1.68. The number of benzene rings is 1. The van der Waals surface area contributed by atoms with E-state index in [4.69, 9.17) is 21.7 Å². The van der Waals surface area contributed by atoms with E-state index < -0.39 is 10.1 Å². The number of hydrogen-bond acceptors (Lipinski definition) is 7. The van der Waals surface area contributed by atoms with Crippen molar-refractivity contribution in [3.8, 4) is 21.9 Å². The molecule has 0 spiro atoms. The van der Waals surface area contributed by atoms with E-state index in [0.29, 0.717) is 12.4 Å². The third kappa shape index (κ3) is 2.59. The normalized spacial score (nSPS) is 13.2. The van der Waals surface area contributed by atoms with Crippen molar-refractivity contribution in [3.63, 3.8) is 0 Å². The van der Waals surface area contributed by atoms with Gasteiger partial charge in [-0.25, -0.2) is 0 Å². The van der Waals surface area contributed by atoms with Crippen LogP contribution >= 0.6 is 32.9 Å². The zero-order valence-electron chi connectivity index (χ0n) is 10.8. The monoisotopic (exact) mass is 362 g/mol. The number of fused-ring (bicyclic) bond motifs is 3. The van der Waals surface area contributed by atoms with Gasteiger partial charge in [-0.3, -0.25) is 4.55 Å². The molecule has 0 saturated heterocycles. The molecule has 9 heteroatoms. The highest BCUT2D eigenvalue weighted by Gasteiger charge is 2.26. The second kappa shape index (κ2) is 5.33. The minimum absolute atomic E-state index is 0.111. The van der Waals surface area contributed by atoms with Crippen molar-refractivity contribution in [2.75, 3.05) is 6.61 Å². The molecule has 0 radical (unpaired) electrons. The maximum atomic E-state index is 11.5. The lowest BCUT2D eigenvalue weighted by Crippen LogP contribution is -2.08. The van der Waals surface area contributed by atoms with Gasteiger partial charge in [0.05, 0.1) is 11.5 Å². The Morgan fingerprint density at radius 1 is 1.43 bits per heavy atom. The Bertz CT molecular complexity index is 862. The summed E-state index contributed by atoms with van der Waals surface area (Å²) in [6.45, 7) is 2.33. The fraction of sp³-hybridized carbons (Fsp3) is 0.250. The molecule has 0 amide bonds. The molecule has 1 N–H and O–H groups in total. The molecule has 3 rings (SSSR count). The molecule has 0 bridgehead atoms. The summed E-state index contributed by atoms with van der Waals surface area (Å²) in [7, 11) is -1.38. The quantitative estimate of drug-likeness (QED) is 0.509. The van der Waals surface area contributed by atoms with Crippen molar-refractivity contribution in [1.82, 2.24) is 0 Å². The van der Waals surface area contributed by atoms with E-state index in [1.807, 2.05) is 0 Å². The Morgan fingerprint density at radius 3 is 2.86 bits per heavy atom. The molecule has 0 atom stereocenters. The zero-order valence-corrected chi connectivity index (χ0v) is 14.0. The SMILES string of the molecule is CCOc1cc2c(cc1S(=O)(=O)O)OCc1c-2ssc1=S. The summed E-state index contributed by atoms with van der Waals surface area (Å²) in [5.74, 6) is 0.516. The Labute approximate surface area is 133 Å². The topological polar surface area (TPSA) is 72.8 Å². The molecule has 0 fully saturated rings. The van der Waals surface area contributed by atoms with Crippen LogP contribution in [0.25, 0.3) is 10.4 Å². The Hall–Kier alpha value is -1.000. The maximum absolute atomic E-state index is 11.5. The molecule has 0 aliphatic carbocycles. The van der Waals surface area contributed by atoms with Gasteiger partial charge < -0.3 is 9.47 Å². The van der Waals surface area contributed by atoms with Gasteiger partial charge >= 0.3 is 0 Å². The van der Waals surface area contributed by atoms with E-state index in [0.717, 1.165) is 19.8 Å². The van der Waals surface area contributed by atoms with Crippen LogP contribution in [0.3, 0.4) is 0 Å². The summed E-state index contributed by atoms with van der Waals surface area (Å²) in [6, 6.07) is 2.88. The van der Waals surface area contributed by atoms with E-state index in [1.54, 1.807) is 13.0 Å². The molecule has 2 aromatic rings. The molecule has 2 heterocycles. The van der Waals surface area contributed by atoms with Crippen LogP contribution in [-0.2, 0) is 16.7 Å². The predicted octanol–water partition coefficient (Wildman–Crippen LogP) is 3.74. The molecule has 112 valence electrons. The number of hydrogen-bond donors (Lipinski definition) is 1. The molecular weight excluding hydrogens is 352 g/mol. The van der Waals surface area contributed by atoms with Crippen molar-refractivity contribution in [2.24, 2.45) is 0 Å². The Morgan fingerprint density at radius 2 is 2.19 bits per heavy atom. The van der Waals surface area contributed by atoms with E-state index >= 15 is 0 Å². The van der Waals surface area contributed by atoms with Gasteiger partial charge in [-0.2, -0.15) is 8.42 Å². The van der Waals surface area contributed by atoms with Crippen LogP contribution in [-0.4, -0.2) is 19.6 Å². The number of ether oxygens (including phenoxy) is 2. The lowest BCUT2D eigenvalue weighted by atomic mass is 10.1.